The lowest BCUT2D eigenvalue weighted by atomic mass is 10.3. The van der Waals surface area contributed by atoms with Crippen molar-refractivity contribution in [3.63, 3.8) is 0 Å². The third kappa shape index (κ3) is 2.90. The second-order valence-electron chi connectivity index (χ2n) is 4.35. The molecule has 0 saturated carbocycles. The molecule has 0 aliphatic rings. The Hall–Kier alpha value is -1.94. The maximum absolute atomic E-state index is 7.49. The molecule has 0 bridgehead atoms. The van der Waals surface area contributed by atoms with Crippen LogP contribution in [-0.4, -0.2) is 22.7 Å². The zero-order chi connectivity index (χ0) is 14.0. The number of anilines is 1. The van der Waals surface area contributed by atoms with E-state index in [2.05, 4.69) is 9.97 Å². The van der Waals surface area contributed by atoms with E-state index in [0.717, 1.165) is 16.7 Å². The van der Waals surface area contributed by atoms with Crippen LogP contribution in [0.3, 0.4) is 0 Å². The quantitative estimate of drug-likeness (QED) is 0.869. The number of benzene rings is 1. The number of allylic oxidation sites excluding steroid dienone is 2. The third-order valence-corrected chi connectivity index (χ3v) is 3.04. The van der Waals surface area contributed by atoms with Crippen molar-refractivity contribution in [3.8, 4) is 0 Å². The van der Waals surface area contributed by atoms with Crippen LogP contribution >= 0.6 is 11.6 Å². The summed E-state index contributed by atoms with van der Waals surface area (Å²) in [5.41, 5.74) is 2.94. The molecule has 2 rings (SSSR count). The molecule has 2 aromatic rings. The molecule has 98 valence electrons. The largest absolute Gasteiger partial charge is 0.331 e. The normalized spacial score (nSPS) is 11.7. The minimum atomic E-state index is 0.358. The van der Waals surface area contributed by atoms with Gasteiger partial charge in [0.25, 0.3) is 0 Å². The van der Waals surface area contributed by atoms with Crippen LogP contribution < -0.4 is 4.90 Å². The molecule has 0 amide bonds. The summed E-state index contributed by atoms with van der Waals surface area (Å²) in [5.74, 6) is 0.593. The number of fused-ring (bicyclic) bond motifs is 1. The lowest BCUT2D eigenvalue weighted by Crippen LogP contribution is -2.17. The number of halogens is 1. The zero-order valence-corrected chi connectivity index (χ0v) is 11.9. The van der Waals surface area contributed by atoms with E-state index in [-0.39, 0.29) is 0 Å². The highest BCUT2D eigenvalue weighted by molar-refractivity contribution is 6.32. The van der Waals surface area contributed by atoms with Crippen LogP contribution in [0.4, 0.5) is 5.82 Å². The van der Waals surface area contributed by atoms with Crippen molar-refractivity contribution in [1.82, 2.24) is 9.97 Å². The fourth-order valence-electron chi connectivity index (χ4n) is 1.76. The monoisotopic (exact) mass is 274 g/mol. The van der Waals surface area contributed by atoms with Crippen molar-refractivity contribution in [2.75, 3.05) is 11.9 Å². The van der Waals surface area contributed by atoms with Crippen molar-refractivity contribution in [2.45, 2.75) is 13.8 Å². The van der Waals surface area contributed by atoms with Gasteiger partial charge in [0.2, 0.25) is 0 Å². The maximum atomic E-state index is 7.49. The summed E-state index contributed by atoms with van der Waals surface area (Å²) in [4.78, 5) is 10.7. The molecule has 1 aromatic heterocycles. The van der Waals surface area contributed by atoms with E-state index in [0.29, 0.717) is 16.7 Å². The van der Waals surface area contributed by atoms with Gasteiger partial charge in [-0.15, -0.1) is 0 Å². The summed E-state index contributed by atoms with van der Waals surface area (Å²) in [5, 5.41) is 7.85. The van der Waals surface area contributed by atoms with Crippen LogP contribution in [0.5, 0.6) is 0 Å². The molecular formula is C14H15ClN4. The van der Waals surface area contributed by atoms with E-state index in [1.54, 1.807) is 13.0 Å². The predicted molar refractivity (Wildman–Crippen MR) is 80.1 cm³/mol. The van der Waals surface area contributed by atoms with Gasteiger partial charge in [0.05, 0.1) is 11.0 Å². The van der Waals surface area contributed by atoms with Crippen molar-refractivity contribution < 1.29 is 0 Å². The maximum Gasteiger partial charge on any atom is 0.172 e. The SMILES string of the molecule is CC(=N)/C=C(/C)N(C)c1nc2ccccc2nc1Cl. The van der Waals surface area contributed by atoms with E-state index in [4.69, 9.17) is 17.0 Å². The van der Waals surface area contributed by atoms with Crippen molar-refractivity contribution in [3.05, 3.63) is 41.2 Å². The van der Waals surface area contributed by atoms with Gasteiger partial charge in [0, 0.05) is 18.5 Å². The van der Waals surface area contributed by atoms with Gasteiger partial charge in [-0.2, -0.15) is 0 Å². The van der Waals surface area contributed by atoms with Gasteiger partial charge in [-0.25, -0.2) is 9.97 Å². The highest BCUT2D eigenvalue weighted by Gasteiger charge is 2.12. The van der Waals surface area contributed by atoms with Gasteiger partial charge in [0.15, 0.2) is 11.0 Å². The number of nitrogens with zero attached hydrogens (tertiary/aromatic N) is 3. The molecule has 1 heterocycles. The molecule has 1 N–H and O–H groups in total. The van der Waals surface area contributed by atoms with Crippen molar-refractivity contribution in [1.29, 1.82) is 5.41 Å². The molecule has 4 nitrogen and oxygen atoms in total. The van der Waals surface area contributed by atoms with Crippen LogP contribution in [0.15, 0.2) is 36.0 Å². The first-order chi connectivity index (χ1) is 8.99. The van der Waals surface area contributed by atoms with Crippen LogP contribution in [0.1, 0.15) is 13.8 Å². The molecule has 0 unspecified atom stereocenters. The number of hydrogen-bond donors (Lipinski definition) is 1. The van der Waals surface area contributed by atoms with E-state index in [1.807, 2.05) is 43.1 Å². The summed E-state index contributed by atoms with van der Waals surface area (Å²) in [6.45, 7) is 3.64. The van der Waals surface area contributed by atoms with Crippen LogP contribution in [-0.2, 0) is 0 Å². The molecule has 0 radical (unpaired) electrons. The Morgan fingerprint density at radius 3 is 2.37 bits per heavy atom. The topological polar surface area (TPSA) is 52.9 Å². The molecule has 5 heteroatoms. The first-order valence-corrected chi connectivity index (χ1v) is 6.26. The van der Waals surface area contributed by atoms with Crippen LogP contribution in [0.25, 0.3) is 11.0 Å². The molecule has 0 fully saturated rings. The smallest absolute Gasteiger partial charge is 0.172 e. The molecule has 0 saturated heterocycles. The standard InChI is InChI=1S/C14H15ClN4/c1-9(16)8-10(2)19(3)14-13(15)17-11-6-4-5-7-12(11)18-14/h4-8,16H,1-3H3/b10-8-,16-9?. The number of nitrogens with one attached hydrogen (secondary N) is 1. The van der Waals surface area contributed by atoms with E-state index in [1.165, 1.54) is 0 Å². The molecule has 0 spiro atoms. The van der Waals surface area contributed by atoms with Crippen LogP contribution in [0, 0.1) is 5.41 Å². The van der Waals surface area contributed by atoms with Gasteiger partial charge in [-0.3, -0.25) is 0 Å². The predicted octanol–water partition coefficient (Wildman–Crippen LogP) is 3.66. The van der Waals surface area contributed by atoms with Crippen molar-refractivity contribution >= 4 is 34.2 Å². The summed E-state index contributed by atoms with van der Waals surface area (Å²) in [7, 11) is 1.86. The second kappa shape index (κ2) is 5.36. The summed E-state index contributed by atoms with van der Waals surface area (Å²) in [6, 6.07) is 7.60. The summed E-state index contributed by atoms with van der Waals surface area (Å²) >= 11 is 6.18. The average Bonchev–Trinajstić information content (AvgIpc) is 2.36. The number of rotatable bonds is 3. The fourth-order valence-corrected chi connectivity index (χ4v) is 2.02. The Balaban J connectivity index is 2.50. The zero-order valence-electron chi connectivity index (χ0n) is 11.1. The lowest BCUT2D eigenvalue weighted by molar-refractivity contribution is 1.04. The lowest BCUT2D eigenvalue weighted by Gasteiger charge is -2.20. The minimum Gasteiger partial charge on any atom is -0.331 e. The first-order valence-electron chi connectivity index (χ1n) is 5.88. The molecular weight excluding hydrogens is 260 g/mol. The molecule has 0 aliphatic carbocycles. The summed E-state index contributed by atoms with van der Waals surface area (Å²) in [6.07, 6.45) is 1.76. The third-order valence-electron chi connectivity index (χ3n) is 2.78. The number of para-hydroxylation sites is 2. The van der Waals surface area contributed by atoms with Gasteiger partial charge in [0.1, 0.15) is 0 Å². The number of aromatic nitrogens is 2. The van der Waals surface area contributed by atoms with Gasteiger partial charge in [-0.1, -0.05) is 23.7 Å². The van der Waals surface area contributed by atoms with E-state index < -0.39 is 0 Å². The Morgan fingerprint density at radius 2 is 1.79 bits per heavy atom. The van der Waals surface area contributed by atoms with Gasteiger partial charge < -0.3 is 10.3 Å². The molecule has 19 heavy (non-hydrogen) atoms. The highest BCUT2D eigenvalue weighted by Crippen LogP contribution is 2.25. The minimum absolute atomic E-state index is 0.358. The molecule has 0 atom stereocenters. The first kappa shape index (κ1) is 13.5. The average molecular weight is 275 g/mol. The van der Waals surface area contributed by atoms with Gasteiger partial charge >= 0.3 is 0 Å². The Kier molecular flexibility index (Phi) is 3.81. The molecule has 0 aliphatic heterocycles. The van der Waals surface area contributed by atoms with E-state index >= 15 is 0 Å². The number of hydrogen-bond acceptors (Lipinski definition) is 4. The highest BCUT2D eigenvalue weighted by atomic mass is 35.5. The second-order valence-corrected chi connectivity index (χ2v) is 4.71. The summed E-state index contributed by atoms with van der Waals surface area (Å²) < 4.78 is 0. The molecule has 1 aromatic carbocycles. The van der Waals surface area contributed by atoms with Crippen molar-refractivity contribution in [2.24, 2.45) is 0 Å². The Labute approximate surface area is 117 Å². The van der Waals surface area contributed by atoms with Gasteiger partial charge in [-0.05, 0) is 32.1 Å². The van der Waals surface area contributed by atoms with Crippen LogP contribution in [0.2, 0.25) is 5.15 Å². The fraction of sp³-hybridized carbons (Fsp3) is 0.214. The Morgan fingerprint density at radius 1 is 1.21 bits per heavy atom. The Bertz CT molecular complexity index is 664. The van der Waals surface area contributed by atoms with E-state index in [9.17, 15) is 0 Å².